The summed E-state index contributed by atoms with van der Waals surface area (Å²) in [4.78, 5) is 23.3. The smallest absolute Gasteiger partial charge is 0.319 e. The monoisotopic (exact) mass is 312 g/mol. The summed E-state index contributed by atoms with van der Waals surface area (Å²) in [6.07, 6.45) is 0.777. The number of hydrogen-bond donors (Lipinski definition) is 3. The van der Waals surface area contributed by atoms with Crippen LogP contribution in [0.2, 0.25) is 5.02 Å². The van der Waals surface area contributed by atoms with E-state index in [1.54, 1.807) is 24.3 Å². The molecule has 1 saturated heterocycles. The number of carbonyl (C=O) groups is 2. The van der Waals surface area contributed by atoms with Crippen LogP contribution in [-0.2, 0) is 9.53 Å². The van der Waals surface area contributed by atoms with Gasteiger partial charge in [0.05, 0.1) is 5.41 Å². The highest BCUT2D eigenvalue weighted by atomic mass is 35.5. The van der Waals surface area contributed by atoms with Crippen molar-refractivity contribution in [1.82, 2.24) is 5.32 Å². The Morgan fingerprint density at radius 1 is 1.33 bits per heavy atom. The van der Waals surface area contributed by atoms with E-state index in [0.29, 0.717) is 36.8 Å². The number of carboxylic acid groups (broad SMARTS) is 1. The molecule has 21 heavy (non-hydrogen) atoms. The van der Waals surface area contributed by atoms with Gasteiger partial charge in [0.15, 0.2) is 0 Å². The number of rotatable bonds is 4. The maximum Gasteiger partial charge on any atom is 0.319 e. The molecule has 6 nitrogen and oxygen atoms in total. The molecule has 1 fully saturated rings. The SMILES string of the molecule is O=C(NCC1(C(=O)O)CCOCC1)Nc1cccc(Cl)c1. The van der Waals surface area contributed by atoms with Gasteiger partial charge in [-0.15, -0.1) is 0 Å². The molecule has 0 atom stereocenters. The number of ether oxygens (including phenoxy) is 1. The number of hydrogen-bond acceptors (Lipinski definition) is 3. The topological polar surface area (TPSA) is 87.7 Å². The third-order valence-electron chi connectivity index (χ3n) is 3.57. The molecule has 0 radical (unpaired) electrons. The molecule has 0 unspecified atom stereocenters. The summed E-state index contributed by atoms with van der Waals surface area (Å²) in [5, 5.41) is 15.1. The van der Waals surface area contributed by atoms with Gasteiger partial charge < -0.3 is 20.5 Å². The zero-order valence-corrected chi connectivity index (χ0v) is 12.2. The largest absolute Gasteiger partial charge is 0.481 e. The first-order chi connectivity index (χ1) is 10.0. The highest BCUT2D eigenvalue weighted by Crippen LogP contribution is 2.30. The highest BCUT2D eigenvalue weighted by Gasteiger charge is 2.40. The van der Waals surface area contributed by atoms with Gasteiger partial charge in [0.25, 0.3) is 0 Å². The summed E-state index contributed by atoms with van der Waals surface area (Å²) in [6.45, 7) is 0.853. The fourth-order valence-electron chi connectivity index (χ4n) is 2.22. The summed E-state index contributed by atoms with van der Waals surface area (Å²) in [6, 6.07) is 6.28. The van der Waals surface area contributed by atoms with Gasteiger partial charge in [-0.2, -0.15) is 0 Å². The number of nitrogens with one attached hydrogen (secondary N) is 2. The van der Waals surface area contributed by atoms with Crippen LogP contribution < -0.4 is 10.6 Å². The number of aliphatic carboxylic acids is 1. The lowest BCUT2D eigenvalue weighted by molar-refractivity contribution is -0.154. The average molecular weight is 313 g/mol. The summed E-state index contributed by atoms with van der Waals surface area (Å²) >= 11 is 5.83. The minimum atomic E-state index is -0.954. The quantitative estimate of drug-likeness (QED) is 0.796. The second-order valence-corrected chi connectivity index (χ2v) is 5.45. The number of carboxylic acids is 1. The molecule has 1 heterocycles. The normalized spacial score (nSPS) is 17.0. The lowest BCUT2D eigenvalue weighted by Crippen LogP contribution is -2.47. The Morgan fingerprint density at radius 3 is 2.67 bits per heavy atom. The number of benzene rings is 1. The van der Waals surface area contributed by atoms with E-state index >= 15 is 0 Å². The molecule has 2 amide bonds. The Kier molecular flexibility index (Phi) is 5.03. The lowest BCUT2D eigenvalue weighted by atomic mass is 9.80. The number of carbonyl (C=O) groups excluding carboxylic acids is 1. The van der Waals surface area contributed by atoms with Crippen molar-refractivity contribution in [2.75, 3.05) is 25.1 Å². The molecule has 3 N–H and O–H groups in total. The molecule has 2 rings (SSSR count). The van der Waals surface area contributed by atoms with Gasteiger partial charge in [0.2, 0.25) is 0 Å². The van der Waals surface area contributed by atoms with E-state index in [2.05, 4.69) is 10.6 Å². The van der Waals surface area contributed by atoms with Crippen LogP contribution in [0.4, 0.5) is 10.5 Å². The number of amides is 2. The van der Waals surface area contributed by atoms with Crippen LogP contribution in [0.1, 0.15) is 12.8 Å². The van der Waals surface area contributed by atoms with E-state index in [9.17, 15) is 14.7 Å². The van der Waals surface area contributed by atoms with Crippen molar-refractivity contribution in [2.45, 2.75) is 12.8 Å². The second-order valence-electron chi connectivity index (χ2n) is 5.02. The van der Waals surface area contributed by atoms with Crippen molar-refractivity contribution in [3.8, 4) is 0 Å². The molecule has 0 spiro atoms. The Labute approximate surface area is 127 Å². The van der Waals surface area contributed by atoms with Gasteiger partial charge in [-0.1, -0.05) is 17.7 Å². The van der Waals surface area contributed by atoms with Crippen LogP contribution in [0.5, 0.6) is 0 Å². The van der Waals surface area contributed by atoms with Gasteiger partial charge in [0.1, 0.15) is 0 Å². The molecule has 0 aromatic heterocycles. The van der Waals surface area contributed by atoms with Gasteiger partial charge in [-0.05, 0) is 31.0 Å². The van der Waals surface area contributed by atoms with Crippen LogP contribution in [0.25, 0.3) is 0 Å². The Bertz CT molecular complexity index is 529. The fourth-order valence-corrected chi connectivity index (χ4v) is 2.41. The van der Waals surface area contributed by atoms with Crippen molar-refractivity contribution in [2.24, 2.45) is 5.41 Å². The third-order valence-corrected chi connectivity index (χ3v) is 3.81. The van der Waals surface area contributed by atoms with Crippen molar-refractivity contribution in [3.63, 3.8) is 0 Å². The van der Waals surface area contributed by atoms with Crippen LogP contribution in [0.15, 0.2) is 24.3 Å². The molecule has 1 aliphatic heterocycles. The summed E-state index contributed by atoms with van der Waals surface area (Å²) in [7, 11) is 0. The van der Waals surface area contributed by atoms with E-state index < -0.39 is 17.4 Å². The predicted molar refractivity (Wildman–Crippen MR) is 78.6 cm³/mol. The Hall–Kier alpha value is -1.79. The van der Waals surface area contributed by atoms with Gasteiger partial charge in [0, 0.05) is 30.5 Å². The minimum absolute atomic E-state index is 0.0676. The highest BCUT2D eigenvalue weighted by molar-refractivity contribution is 6.30. The van der Waals surface area contributed by atoms with E-state index in [0.717, 1.165) is 0 Å². The van der Waals surface area contributed by atoms with Crippen molar-refractivity contribution in [3.05, 3.63) is 29.3 Å². The zero-order valence-electron chi connectivity index (χ0n) is 11.4. The van der Waals surface area contributed by atoms with Gasteiger partial charge in [-0.25, -0.2) is 4.79 Å². The summed E-state index contributed by atoms with van der Waals surface area (Å²) in [5.74, 6) is -0.908. The molecule has 0 aliphatic carbocycles. The van der Waals surface area contributed by atoms with Gasteiger partial charge in [-0.3, -0.25) is 4.79 Å². The van der Waals surface area contributed by atoms with Crippen LogP contribution in [0, 0.1) is 5.41 Å². The summed E-state index contributed by atoms with van der Waals surface area (Å²) in [5.41, 5.74) is -0.402. The molecule has 1 aliphatic rings. The van der Waals surface area contributed by atoms with Crippen molar-refractivity contribution >= 4 is 29.3 Å². The first-order valence-electron chi connectivity index (χ1n) is 6.63. The predicted octanol–water partition coefficient (Wildman–Crippen LogP) is 2.34. The maximum atomic E-state index is 11.8. The van der Waals surface area contributed by atoms with E-state index in [1.165, 1.54) is 0 Å². The number of halogens is 1. The average Bonchev–Trinajstić information content (AvgIpc) is 2.46. The zero-order chi connectivity index (χ0) is 15.3. The molecule has 114 valence electrons. The van der Waals surface area contributed by atoms with Crippen molar-refractivity contribution in [1.29, 1.82) is 0 Å². The van der Waals surface area contributed by atoms with Crippen LogP contribution in [-0.4, -0.2) is 36.9 Å². The molecule has 1 aromatic carbocycles. The molecule has 0 bridgehead atoms. The molecule has 0 saturated carbocycles. The number of anilines is 1. The second kappa shape index (κ2) is 6.78. The fraction of sp³-hybridized carbons (Fsp3) is 0.429. The first-order valence-corrected chi connectivity index (χ1v) is 7.01. The Balaban J connectivity index is 1.91. The van der Waals surface area contributed by atoms with E-state index in [-0.39, 0.29) is 6.54 Å². The standard InChI is InChI=1S/C14H17ClN2O4/c15-10-2-1-3-11(8-10)17-13(20)16-9-14(12(18)19)4-6-21-7-5-14/h1-3,8H,4-7,9H2,(H,18,19)(H2,16,17,20). The summed E-state index contributed by atoms with van der Waals surface area (Å²) < 4.78 is 5.18. The third kappa shape index (κ3) is 4.09. The van der Waals surface area contributed by atoms with E-state index in [1.807, 2.05) is 0 Å². The molecular formula is C14H17ClN2O4. The number of urea groups is 1. The van der Waals surface area contributed by atoms with Gasteiger partial charge >= 0.3 is 12.0 Å². The lowest BCUT2D eigenvalue weighted by Gasteiger charge is -2.33. The van der Waals surface area contributed by atoms with E-state index in [4.69, 9.17) is 16.3 Å². The van der Waals surface area contributed by atoms with Crippen molar-refractivity contribution < 1.29 is 19.4 Å². The molecule has 7 heteroatoms. The molecule has 1 aromatic rings. The first kappa shape index (κ1) is 15.6. The van der Waals surface area contributed by atoms with Crippen LogP contribution in [0.3, 0.4) is 0 Å². The maximum absolute atomic E-state index is 11.8. The minimum Gasteiger partial charge on any atom is -0.481 e. The Morgan fingerprint density at radius 2 is 2.05 bits per heavy atom. The molecular weight excluding hydrogens is 296 g/mol. The van der Waals surface area contributed by atoms with Crippen LogP contribution >= 0.6 is 11.6 Å².